The summed E-state index contributed by atoms with van der Waals surface area (Å²) in [6, 6.07) is 0.636. The second-order valence-corrected chi connectivity index (χ2v) is 5.32. The minimum atomic E-state index is -2.45. The van der Waals surface area contributed by atoms with E-state index in [1.165, 1.54) is 0 Å². The van der Waals surface area contributed by atoms with Gasteiger partial charge in [0.15, 0.2) is 0 Å². The highest BCUT2D eigenvalue weighted by molar-refractivity contribution is 6.60. The number of rotatable bonds is 7. The lowest BCUT2D eigenvalue weighted by Gasteiger charge is -2.23. The highest BCUT2D eigenvalue weighted by atomic mass is 28.4. The molecule has 0 aromatic carbocycles. The van der Waals surface area contributed by atoms with Crippen LogP contribution in [0.2, 0.25) is 6.04 Å². The third-order valence-electron chi connectivity index (χ3n) is 1.65. The van der Waals surface area contributed by atoms with Crippen LogP contribution in [0.4, 0.5) is 0 Å². The number of hydrogen-bond donors (Lipinski definition) is 1. The Morgan fingerprint density at radius 3 is 1.92 bits per heavy atom. The first-order valence-corrected chi connectivity index (χ1v) is 5.59. The molecule has 0 unspecified atom stereocenters. The van der Waals surface area contributed by atoms with Gasteiger partial charge in [-0.15, -0.1) is 0 Å². The molecule has 0 radical (unpaired) electrons. The molecule has 5 nitrogen and oxygen atoms in total. The molecule has 0 aromatic heterocycles. The van der Waals surface area contributed by atoms with Gasteiger partial charge in [0.1, 0.15) is 0 Å². The third-order valence-corrected chi connectivity index (χ3v) is 4.48. The average molecular weight is 196 g/mol. The van der Waals surface area contributed by atoms with Gasteiger partial charge >= 0.3 is 8.80 Å². The van der Waals surface area contributed by atoms with Gasteiger partial charge in [-0.2, -0.15) is 0 Å². The first-order chi connectivity index (χ1) is 5.74. The van der Waals surface area contributed by atoms with Gasteiger partial charge in [-0.05, 0) is 6.42 Å². The molecular weight excluding hydrogens is 180 g/mol. The van der Waals surface area contributed by atoms with Crippen LogP contribution < -0.4 is 0 Å². The van der Waals surface area contributed by atoms with Crippen molar-refractivity contribution in [3.63, 3.8) is 0 Å². The Balaban J connectivity index is 3.76. The van der Waals surface area contributed by atoms with Crippen molar-refractivity contribution in [2.75, 3.05) is 27.9 Å². The van der Waals surface area contributed by atoms with E-state index >= 15 is 0 Å². The lowest BCUT2D eigenvalue weighted by Crippen LogP contribution is -2.42. The fourth-order valence-corrected chi connectivity index (χ4v) is 2.60. The summed E-state index contributed by atoms with van der Waals surface area (Å²) >= 11 is 0. The highest BCUT2D eigenvalue weighted by Gasteiger charge is 2.36. The van der Waals surface area contributed by atoms with Crippen molar-refractivity contribution in [3.8, 4) is 0 Å². The summed E-state index contributed by atoms with van der Waals surface area (Å²) in [5.74, 6) is 0. The molecule has 6 heteroatoms. The zero-order valence-electron chi connectivity index (χ0n) is 7.70. The van der Waals surface area contributed by atoms with E-state index in [2.05, 4.69) is 4.89 Å². The summed E-state index contributed by atoms with van der Waals surface area (Å²) in [6.45, 7) is 0.269. The van der Waals surface area contributed by atoms with Crippen molar-refractivity contribution in [2.24, 2.45) is 0 Å². The molecule has 0 aliphatic rings. The van der Waals surface area contributed by atoms with E-state index in [1.807, 2.05) is 0 Å². The lowest BCUT2D eigenvalue weighted by atomic mass is 10.5. The first-order valence-electron chi connectivity index (χ1n) is 3.66. The van der Waals surface area contributed by atoms with E-state index in [1.54, 1.807) is 21.3 Å². The van der Waals surface area contributed by atoms with E-state index in [-0.39, 0.29) is 6.61 Å². The Hall–Kier alpha value is 0.0169. The predicted octanol–water partition coefficient (Wildman–Crippen LogP) is 0.744. The standard InChI is InChI=1S/C6H16O5Si/c1-8-12(9-2,10-3)6-4-5-11-7/h7H,4-6H2,1-3H3. The van der Waals surface area contributed by atoms with Crippen LogP contribution in [0.3, 0.4) is 0 Å². The molecule has 1 N–H and O–H groups in total. The Kier molecular flexibility index (Phi) is 6.53. The van der Waals surface area contributed by atoms with E-state index in [4.69, 9.17) is 18.5 Å². The van der Waals surface area contributed by atoms with Crippen LogP contribution in [0.15, 0.2) is 0 Å². The minimum Gasteiger partial charge on any atom is -0.377 e. The summed E-state index contributed by atoms with van der Waals surface area (Å²) in [4.78, 5) is 3.93. The van der Waals surface area contributed by atoms with Gasteiger partial charge in [0.2, 0.25) is 0 Å². The molecule has 0 aliphatic carbocycles. The molecule has 0 bridgehead atoms. The van der Waals surface area contributed by atoms with Gasteiger partial charge in [0.05, 0.1) is 6.61 Å². The molecule has 0 atom stereocenters. The molecule has 0 saturated carbocycles. The zero-order chi connectivity index (χ0) is 9.45. The SMILES string of the molecule is CO[Si](CCCOO)(OC)OC. The molecule has 0 spiro atoms. The monoisotopic (exact) mass is 196 g/mol. The summed E-state index contributed by atoms with van der Waals surface area (Å²) < 4.78 is 15.4. The van der Waals surface area contributed by atoms with Crippen LogP contribution in [0, 0.1) is 0 Å². The van der Waals surface area contributed by atoms with Crippen molar-refractivity contribution < 1.29 is 23.4 Å². The predicted molar refractivity (Wildman–Crippen MR) is 44.8 cm³/mol. The van der Waals surface area contributed by atoms with Gasteiger partial charge in [0, 0.05) is 27.4 Å². The van der Waals surface area contributed by atoms with Gasteiger partial charge < -0.3 is 13.3 Å². The van der Waals surface area contributed by atoms with E-state index in [0.29, 0.717) is 12.5 Å². The Labute approximate surface area is 73.5 Å². The fraction of sp³-hybridized carbons (Fsp3) is 1.00. The Morgan fingerprint density at radius 1 is 1.08 bits per heavy atom. The molecule has 0 aromatic rings. The largest absolute Gasteiger partial charge is 0.500 e. The highest BCUT2D eigenvalue weighted by Crippen LogP contribution is 2.14. The smallest absolute Gasteiger partial charge is 0.377 e. The van der Waals surface area contributed by atoms with Crippen LogP contribution in [0.25, 0.3) is 0 Å². The van der Waals surface area contributed by atoms with Crippen molar-refractivity contribution in [3.05, 3.63) is 0 Å². The van der Waals surface area contributed by atoms with Crippen molar-refractivity contribution in [1.82, 2.24) is 0 Å². The second-order valence-electron chi connectivity index (χ2n) is 2.23. The summed E-state index contributed by atoms with van der Waals surface area (Å²) in [6.07, 6.45) is 0.651. The van der Waals surface area contributed by atoms with Gasteiger partial charge in [0.25, 0.3) is 0 Å². The summed E-state index contributed by atoms with van der Waals surface area (Å²) in [5, 5.41) is 8.07. The van der Waals surface area contributed by atoms with Crippen molar-refractivity contribution in [1.29, 1.82) is 0 Å². The second kappa shape index (κ2) is 6.52. The molecule has 0 saturated heterocycles. The van der Waals surface area contributed by atoms with Crippen molar-refractivity contribution >= 4 is 8.80 Å². The van der Waals surface area contributed by atoms with Gasteiger partial charge in [-0.3, -0.25) is 5.26 Å². The van der Waals surface area contributed by atoms with E-state index < -0.39 is 8.80 Å². The van der Waals surface area contributed by atoms with Gasteiger partial charge in [-0.1, -0.05) is 0 Å². The van der Waals surface area contributed by atoms with Crippen LogP contribution in [-0.2, 0) is 18.2 Å². The quantitative estimate of drug-likeness (QED) is 0.282. The normalized spacial score (nSPS) is 12.0. The molecule has 0 heterocycles. The fourth-order valence-electron chi connectivity index (χ4n) is 0.909. The molecule has 0 rings (SSSR count). The van der Waals surface area contributed by atoms with E-state index in [9.17, 15) is 0 Å². The van der Waals surface area contributed by atoms with Crippen molar-refractivity contribution in [2.45, 2.75) is 12.5 Å². The molecule has 74 valence electrons. The van der Waals surface area contributed by atoms with Crippen LogP contribution in [0.1, 0.15) is 6.42 Å². The molecule has 12 heavy (non-hydrogen) atoms. The van der Waals surface area contributed by atoms with Crippen LogP contribution >= 0.6 is 0 Å². The Morgan fingerprint density at radius 2 is 1.58 bits per heavy atom. The Bertz CT molecular complexity index is 97.8. The maximum Gasteiger partial charge on any atom is 0.500 e. The maximum absolute atomic E-state index is 8.07. The lowest BCUT2D eigenvalue weighted by molar-refractivity contribution is -0.242. The zero-order valence-corrected chi connectivity index (χ0v) is 8.70. The number of hydrogen-bond acceptors (Lipinski definition) is 5. The maximum atomic E-state index is 8.07. The molecule has 0 amide bonds. The molecule has 0 aliphatic heterocycles. The topological polar surface area (TPSA) is 57.2 Å². The average Bonchev–Trinajstić information content (AvgIpc) is 2.14. The van der Waals surface area contributed by atoms with E-state index in [0.717, 1.165) is 0 Å². The minimum absolute atomic E-state index is 0.269. The summed E-state index contributed by atoms with van der Waals surface area (Å²) in [7, 11) is 2.22. The third kappa shape index (κ3) is 3.61. The van der Waals surface area contributed by atoms with Crippen LogP contribution in [0.5, 0.6) is 0 Å². The summed E-state index contributed by atoms with van der Waals surface area (Å²) in [5.41, 5.74) is 0. The van der Waals surface area contributed by atoms with Crippen LogP contribution in [-0.4, -0.2) is 42.0 Å². The molecular formula is C6H16O5Si. The first kappa shape index (κ1) is 12.0. The van der Waals surface area contributed by atoms with Gasteiger partial charge in [-0.25, -0.2) is 4.89 Å². The molecule has 0 fully saturated rings.